The Morgan fingerprint density at radius 3 is 2.38 bits per heavy atom. The molecule has 0 aliphatic rings. The van der Waals surface area contributed by atoms with Gasteiger partial charge in [-0.15, -0.1) is 11.6 Å². The van der Waals surface area contributed by atoms with Gasteiger partial charge in [0.15, 0.2) is 5.82 Å². The second kappa shape index (κ2) is 7.22. The summed E-state index contributed by atoms with van der Waals surface area (Å²) in [5.74, 6) is 0.531. The van der Waals surface area contributed by atoms with E-state index in [2.05, 4.69) is 58.7 Å². The van der Waals surface area contributed by atoms with Crippen LogP contribution in [-0.2, 0) is 6.42 Å². The Balaban J connectivity index is 1.69. The zero-order valence-corrected chi connectivity index (χ0v) is 15.1. The van der Waals surface area contributed by atoms with E-state index in [0.717, 1.165) is 29.3 Å². The molecule has 1 atom stereocenters. The van der Waals surface area contributed by atoms with E-state index in [1.54, 1.807) is 0 Å². The van der Waals surface area contributed by atoms with E-state index in [1.807, 2.05) is 24.3 Å². The zero-order valence-electron chi connectivity index (χ0n) is 14.3. The molecule has 0 fully saturated rings. The van der Waals surface area contributed by atoms with Gasteiger partial charge in [0.2, 0.25) is 0 Å². The topological polar surface area (TPSA) is 54.7 Å². The number of nitrogen functional groups attached to an aromatic ring is 1. The van der Waals surface area contributed by atoms with Crippen LogP contribution in [0.2, 0.25) is 0 Å². The first-order valence-electron chi connectivity index (χ1n) is 8.73. The van der Waals surface area contributed by atoms with Crippen molar-refractivity contribution in [1.82, 2.24) is 10.2 Å². The van der Waals surface area contributed by atoms with E-state index in [1.165, 1.54) is 16.7 Å². The Labute approximate surface area is 157 Å². The number of rotatable bonds is 5. The molecule has 0 saturated carbocycles. The Hall–Kier alpha value is -2.78. The lowest BCUT2D eigenvalue weighted by Crippen LogP contribution is -1.97. The van der Waals surface area contributed by atoms with Gasteiger partial charge < -0.3 is 5.73 Å². The van der Waals surface area contributed by atoms with E-state index < -0.39 is 0 Å². The zero-order chi connectivity index (χ0) is 17.9. The van der Waals surface area contributed by atoms with Crippen LogP contribution in [0.25, 0.3) is 22.0 Å². The smallest absolute Gasteiger partial charge is 0.153 e. The molecule has 4 heteroatoms. The maximum atomic E-state index is 6.64. The van der Waals surface area contributed by atoms with E-state index >= 15 is 0 Å². The Bertz CT molecular complexity index is 1010. The molecule has 130 valence electrons. The van der Waals surface area contributed by atoms with Crippen molar-refractivity contribution in [2.45, 2.75) is 18.2 Å². The van der Waals surface area contributed by atoms with Crippen molar-refractivity contribution in [1.29, 1.82) is 0 Å². The van der Waals surface area contributed by atoms with Crippen LogP contribution < -0.4 is 5.73 Å². The third-order valence-electron chi connectivity index (χ3n) is 4.73. The summed E-state index contributed by atoms with van der Waals surface area (Å²) >= 11 is 6.64. The minimum absolute atomic E-state index is 0.0117. The van der Waals surface area contributed by atoms with E-state index in [-0.39, 0.29) is 5.38 Å². The number of benzene rings is 3. The minimum Gasteiger partial charge on any atom is -0.382 e. The number of nitrogens with two attached hydrogens (primary N) is 1. The summed E-state index contributed by atoms with van der Waals surface area (Å²) in [5.41, 5.74) is 11.7. The van der Waals surface area contributed by atoms with Gasteiger partial charge in [0.05, 0.1) is 10.9 Å². The number of halogens is 1. The molecule has 0 amide bonds. The Morgan fingerprint density at radius 1 is 0.962 bits per heavy atom. The molecule has 0 saturated heterocycles. The van der Waals surface area contributed by atoms with E-state index in [0.29, 0.717) is 5.82 Å². The van der Waals surface area contributed by atoms with Crippen molar-refractivity contribution >= 4 is 28.3 Å². The number of nitrogens with one attached hydrogen (secondary N) is 1. The molecule has 0 bridgehead atoms. The number of anilines is 1. The second-order valence-electron chi connectivity index (χ2n) is 6.45. The molecule has 3 N–H and O–H groups in total. The maximum Gasteiger partial charge on any atom is 0.153 e. The normalized spacial score (nSPS) is 12.3. The standard InChI is InChI=1S/C22H20ClN3/c23-20(16-9-5-2-6-10-16)12-11-17-13-21-19(22(24)26-25-21)14-18(17)15-7-3-1-4-8-15/h1-10,13-14,20H,11-12H2,(H3,24,25,26). The van der Waals surface area contributed by atoms with Gasteiger partial charge in [-0.2, -0.15) is 5.10 Å². The lowest BCUT2D eigenvalue weighted by molar-refractivity contribution is 0.795. The maximum absolute atomic E-state index is 6.64. The number of hydrogen-bond donors (Lipinski definition) is 2. The van der Waals surface area contributed by atoms with Crippen molar-refractivity contribution in [3.8, 4) is 11.1 Å². The summed E-state index contributed by atoms with van der Waals surface area (Å²) in [6.07, 6.45) is 1.74. The monoisotopic (exact) mass is 361 g/mol. The van der Waals surface area contributed by atoms with Crippen LogP contribution in [0.3, 0.4) is 0 Å². The number of hydrogen-bond acceptors (Lipinski definition) is 2. The molecule has 1 unspecified atom stereocenters. The van der Waals surface area contributed by atoms with Crippen molar-refractivity contribution in [2.24, 2.45) is 0 Å². The first-order chi connectivity index (χ1) is 12.7. The number of nitrogens with zero attached hydrogens (tertiary/aromatic N) is 1. The van der Waals surface area contributed by atoms with Crippen molar-refractivity contribution in [3.63, 3.8) is 0 Å². The SMILES string of the molecule is Nc1n[nH]c2cc(CCC(Cl)c3ccccc3)c(-c3ccccc3)cc12. The molecular weight excluding hydrogens is 342 g/mol. The van der Waals surface area contributed by atoms with Crippen LogP contribution in [0.4, 0.5) is 5.82 Å². The minimum atomic E-state index is -0.0117. The average molecular weight is 362 g/mol. The highest BCUT2D eigenvalue weighted by Crippen LogP contribution is 2.33. The third kappa shape index (κ3) is 3.31. The molecule has 0 aliphatic carbocycles. The lowest BCUT2D eigenvalue weighted by Gasteiger charge is -2.14. The molecular formula is C22H20ClN3. The summed E-state index contributed by atoms with van der Waals surface area (Å²) in [6, 6.07) is 24.9. The molecule has 26 heavy (non-hydrogen) atoms. The van der Waals surface area contributed by atoms with Gasteiger partial charge in [0, 0.05) is 5.39 Å². The molecule has 0 aliphatic heterocycles. The highest BCUT2D eigenvalue weighted by Gasteiger charge is 2.13. The predicted octanol–water partition coefficient (Wildman–Crippen LogP) is 5.72. The first-order valence-corrected chi connectivity index (χ1v) is 9.17. The fourth-order valence-electron chi connectivity index (χ4n) is 3.33. The quantitative estimate of drug-likeness (QED) is 0.446. The van der Waals surface area contributed by atoms with Crippen LogP contribution in [-0.4, -0.2) is 10.2 Å². The van der Waals surface area contributed by atoms with Crippen molar-refractivity contribution in [2.75, 3.05) is 5.73 Å². The van der Waals surface area contributed by atoms with E-state index in [9.17, 15) is 0 Å². The first kappa shape index (κ1) is 16.7. The number of aromatic nitrogens is 2. The summed E-state index contributed by atoms with van der Waals surface area (Å²) < 4.78 is 0. The number of aromatic amines is 1. The summed E-state index contributed by atoms with van der Waals surface area (Å²) in [4.78, 5) is 0. The number of alkyl halides is 1. The van der Waals surface area contributed by atoms with Crippen LogP contribution >= 0.6 is 11.6 Å². The van der Waals surface area contributed by atoms with Crippen molar-refractivity contribution in [3.05, 3.63) is 83.9 Å². The summed E-state index contributed by atoms with van der Waals surface area (Å²) in [6.45, 7) is 0. The fraction of sp³-hybridized carbons (Fsp3) is 0.136. The third-order valence-corrected chi connectivity index (χ3v) is 5.20. The summed E-state index contributed by atoms with van der Waals surface area (Å²) in [5, 5.41) is 8.10. The highest BCUT2D eigenvalue weighted by molar-refractivity contribution is 6.20. The molecule has 0 spiro atoms. The second-order valence-corrected chi connectivity index (χ2v) is 6.97. The average Bonchev–Trinajstić information content (AvgIpc) is 3.06. The molecule has 4 rings (SSSR count). The van der Waals surface area contributed by atoms with Crippen LogP contribution in [0.1, 0.15) is 22.9 Å². The van der Waals surface area contributed by atoms with Gasteiger partial charge in [0.25, 0.3) is 0 Å². The highest BCUT2D eigenvalue weighted by atomic mass is 35.5. The van der Waals surface area contributed by atoms with Crippen LogP contribution in [0.15, 0.2) is 72.8 Å². The van der Waals surface area contributed by atoms with Crippen LogP contribution in [0, 0.1) is 0 Å². The Kier molecular flexibility index (Phi) is 4.63. The molecule has 0 radical (unpaired) electrons. The molecule has 1 heterocycles. The number of aryl methyl sites for hydroxylation is 1. The van der Waals surface area contributed by atoms with E-state index in [4.69, 9.17) is 17.3 Å². The molecule has 3 nitrogen and oxygen atoms in total. The number of fused-ring (bicyclic) bond motifs is 1. The molecule has 1 aromatic heterocycles. The number of H-pyrrole nitrogens is 1. The van der Waals surface area contributed by atoms with Gasteiger partial charge in [0.1, 0.15) is 0 Å². The molecule has 4 aromatic rings. The van der Waals surface area contributed by atoms with Crippen LogP contribution in [0.5, 0.6) is 0 Å². The fourth-order valence-corrected chi connectivity index (χ4v) is 3.59. The Morgan fingerprint density at radius 2 is 1.65 bits per heavy atom. The van der Waals surface area contributed by atoms with Gasteiger partial charge >= 0.3 is 0 Å². The van der Waals surface area contributed by atoms with Gasteiger partial charge in [-0.05, 0) is 47.2 Å². The van der Waals surface area contributed by atoms with Crippen molar-refractivity contribution < 1.29 is 0 Å². The summed E-state index contributed by atoms with van der Waals surface area (Å²) in [7, 11) is 0. The van der Waals surface area contributed by atoms with Gasteiger partial charge in [-0.3, -0.25) is 5.10 Å². The van der Waals surface area contributed by atoms with Gasteiger partial charge in [-0.25, -0.2) is 0 Å². The molecule has 3 aromatic carbocycles. The lowest BCUT2D eigenvalue weighted by atomic mass is 9.93. The predicted molar refractivity (Wildman–Crippen MR) is 109 cm³/mol. The van der Waals surface area contributed by atoms with Gasteiger partial charge in [-0.1, -0.05) is 60.7 Å². The largest absolute Gasteiger partial charge is 0.382 e.